The second kappa shape index (κ2) is 5.49. The molecule has 0 spiro atoms. The molecular formula is C21H34O2. The smallest absolute Gasteiger partial charge is 0.302 e. The Balaban J connectivity index is 1.59. The highest BCUT2D eigenvalue weighted by atomic mass is 16.5. The Morgan fingerprint density at radius 2 is 1.65 bits per heavy atom. The van der Waals surface area contributed by atoms with Crippen molar-refractivity contribution in [3.8, 4) is 0 Å². The van der Waals surface area contributed by atoms with Crippen molar-refractivity contribution in [3.05, 3.63) is 0 Å². The molecule has 4 saturated carbocycles. The molecule has 23 heavy (non-hydrogen) atoms. The maximum Gasteiger partial charge on any atom is 0.302 e. The third kappa shape index (κ3) is 2.30. The summed E-state index contributed by atoms with van der Waals surface area (Å²) in [6, 6.07) is 0. The Labute approximate surface area is 141 Å². The zero-order chi connectivity index (χ0) is 16.2. The summed E-state index contributed by atoms with van der Waals surface area (Å²) in [5, 5.41) is 0. The Bertz CT molecular complexity index is 486. The average Bonchev–Trinajstić information content (AvgIpc) is 2.83. The van der Waals surface area contributed by atoms with Crippen molar-refractivity contribution in [2.24, 2.45) is 34.5 Å². The molecule has 130 valence electrons. The summed E-state index contributed by atoms with van der Waals surface area (Å²) in [4.78, 5) is 11.5. The van der Waals surface area contributed by atoms with Crippen LogP contribution in [-0.2, 0) is 9.53 Å². The molecule has 2 heteroatoms. The lowest BCUT2D eigenvalue weighted by Crippen LogP contribution is -2.53. The number of carbonyl (C=O) groups excluding carboxylic acids is 1. The molecule has 0 N–H and O–H groups in total. The standard InChI is InChI=1S/C21H34O2/c1-14(22)23-19-10-9-17-16-8-7-15-6-4-5-12-20(15,2)18(16)11-13-21(17,19)3/h15-19H,4-13H2,1-3H3/t15-,16-,17+,18+,19+,20-,21-/m0/s1. The summed E-state index contributed by atoms with van der Waals surface area (Å²) in [6.07, 6.45) is 14.0. The van der Waals surface area contributed by atoms with Crippen LogP contribution in [0.5, 0.6) is 0 Å². The Morgan fingerprint density at radius 3 is 2.43 bits per heavy atom. The zero-order valence-corrected chi connectivity index (χ0v) is 15.3. The number of hydrogen-bond donors (Lipinski definition) is 0. The minimum Gasteiger partial charge on any atom is -0.462 e. The van der Waals surface area contributed by atoms with Crippen molar-refractivity contribution in [3.63, 3.8) is 0 Å². The van der Waals surface area contributed by atoms with Gasteiger partial charge in [-0.25, -0.2) is 0 Å². The fourth-order valence-electron chi connectivity index (χ4n) is 7.64. The molecule has 0 aromatic heterocycles. The summed E-state index contributed by atoms with van der Waals surface area (Å²) < 4.78 is 5.76. The van der Waals surface area contributed by atoms with E-state index in [9.17, 15) is 4.79 Å². The van der Waals surface area contributed by atoms with E-state index in [0.717, 1.165) is 30.1 Å². The molecule has 2 nitrogen and oxygen atoms in total. The monoisotopic (exact) mass is 318 g/mol. The lowest BCUT2D eigenvalue weighted by Gasteiger charge is -2.60. The molecule has 7 atom stereocenters. The van der Waals surface area contributed by atoms with E-state index < -0.39 is 0 Å². The number of esters is 1. The zero-order valence-electron chi connectivity index (χ0n) is 15.3. The van der Waals surface area contributed by atoms with E-state index in [1.54, 1.807) is 6.92 Å². The number of fused-ring (bicyclic) bond motifs is 5. The van der Waals surface area contributed by atoms with Gasteiger partial charge in [-0.15, -0.1) is 0 Å². The Hall–Kier alpha value is -0.530. The van der Waals surface area contributed by atoms with Gasteiger partial charge in [0.25, 0.3) is 0 Å². The van der Waals surface area contributed by atoms with Gasteiger partial charge in [0.1, 0.15) is 6.10 Å². The van der Waals surface area contributed by atoms with Gasteiger partial charge in [-0.3, -0.25) is 4.79 Å². The van der Waals surface area contributed by atoms with Crippen LogP contribution < -0.4 is 0 Å². The second-order valence-corrected chi connectivity index (χ2v) is 9.62. The van der Waals surface area contributed by atoms with Gasteiger partial charge < -0.3 is 4.74 Å². The highest BCUT2D eigenvalue weighted by Gasteiger charge is 2.60. The molecule has 0 unspecified atom stereocenters. The van der Waals surface area contributed by atoms with Gasteiger partial charge in [-0.2, -0.15) is 0 Å². The van der Waals surface area contributed by atoms with Gasteiger partial charge in [0.15, 0.2) is 0 Å². The van der Waals surface area contributed by atoms with Crippen LogP contribution >= 0.6 is 0 Å². The first-order valence-electron chi connectivity index (χ1n) is 10.1. The van der Waals surface area contributed by atoms with Gasteiger partial charge in [0.2, 0.25) is 0 Å². The number of hydrogen-bond acceptors (Lipinski definition) is 2. The number of ether oxygens (including phenoxy) is 1. The van der Waals surface area contributed by atoms with Crippen molar-refractivity contribution in [1.82, 2.24) is 0 Å². The molecule has 0 radical (unpaired) electrons. The summed E-state index contributed by atoms with van der Waals surface area (Å²) in [5.74, 6) is 3.55. The molecule has 0 amide bonds. The van der Waals surface area contributed by atoms with Crippen LogP contribution in [0.1, 0.15) is 85.0 Å². The molecule has 4 aliphatic carbocycles. The second-order valence-electron chi connectivity index (χ2n) is 9.62. The van der Waals surface area contributed by atoms with Crippen molar-refractivity contribution in [2.75, 3.05) is 0 Å². The minimum absolute atomic E-state index is 0.0815. The van der Waals surface area contributed by atoms with E-state index in [1.165, 1.54) is 57.8 Å². The van der Waals surface area contributed by atoms with Gasteiger partial charge >= 0.3 is 5.97 Å². The summed E-state index contributed by atoms with van der Waals surface area (Å²) in [5.41, 5.74) is 0.868. The molecule has 4 aliphatic rings. The maximum absolute atomic E-state index is 11.5. The van der Waals surface area contributed by atoms with Gasteiger partial charge in [0.05, 0.1) is 0 Å². The van der Waals surface area contributed by atoms with E-state index in [0.29, 0.717) is 5.41 Å². The minimum atomic E-state index is -0.0815. The third-order valence-corrected chi connectivity index (χ3v) is 8.80. The van der Waals surface area contributed by atoms with Crippen LogP contribution in [-0.4, -0.2) is 12.1 Å². The number of carbonyl (C=O) groups is 1. The predicted molar refractivity (Wildman–Crippen MR) is 91.9 cm³/mol. The fourth-order valence-corrected chi connectivity index (χ4v) is 7.64. The predicted octanol–water partition coefficient (Wildman–Crippen LogP) is 5.35. The summed E-state index contributed by atoms with van der Waals surface area (Å²) in [7, 11) is 0. The molecule has 0 heterocycles. The van der Waals surface area contributed by atoms with Gasteiger partial charge in [0, 0.05) is 12.3 Å². The topological polar surface area (TPSA) is 26.3 Å². The van der Waals surface area contributed by atoms with Gasteiger partial charge in [-0.1, -0.05) is 26.7 Å². The van der Waals surface area contributed by atoms with Crippen LogP contribution in [0.3, 0.4) is 0 Å². The molecule has 0 bridgehead atoms. The third-order valence-electron chi connectivity index (χ3n) is 8.80. The summed E-state index contributed by atoms with van der Waals surface area (Å²) in [6.45, 7) is 6.65. The van der Waals surface area contributed by atoms with Crippen LogP contribution in [0.15, 0.2) is 0 Å². The molecule has 0 saturated heterocycles. The van der Waals surface area contributed by atoms with Crippen molar-refractivity contribution < 1.29 is 9.53 Å². The maximum atomic E-state index is 11.5. The largest absolute Gasteiger partial charge is 0.462 e. The van der Waals surface area contributed by atoms with Crippen molar-refractivity contribution in [2.45, 2.75) is 91.1 Å². The van der Waals surface area contributed by atoms with Crippen molar-refractivity contribution >= 4 is 5.97 Å². The average molecular weight is 319 g/mol. The number of rotatable bonds is 1. The van der Waals surface area contributed by atoms with Crippen LogP contribution in [0, 0.1) is 34.5 Å². The van der Waals surface area contributed by atoms with E-state index in [-0.39, 0.29) is 17.5 Å². The molecular weight excluding hydrogens is 284 g/mol. The van der Waals surface area contributed by atoms with Crippen LogP contribution in [0.4, 0.5) is 0 Å². The Morgan fingerprint density at radius 1 is 0.870 bits per heavy atom. The lowest BCUT2D eigenvalue weighted by molar-refractivity contribution is -0.161. The molecule has 0 aromatic rings. The highest BCUT2D eigenvalue weighted by molar-refractivity contribution is 5.66. The first-order valence-corrected chi connectivity index (χ1v) is 10.1. The van der Waals surface area contributed by atoms with E-state index >= 15 is 0 Å². The molecule has 0 aromatic carbocycles. The highest BCUT2D eigenvalue weighted by Crippen LogP contribution is 2.66. The Kier molecular flexibility index (Phi) is 3.81. The fraction of sp³-hybridized carbons (Fsp3) is 0.952. The summed E-state index contributed by atoms with van der Waals surface area (Å²) >= 11 is 0. The van der Waals surface area contributed by atoms with Gasteiger partial charge in [-0.05, 0) is 80.5 Å². The quantitative estimate of drug-likeness (QED) is 0.609. The van der Waals surface area contributed by atoms with Crippen LogP contribution in [0.2, 0.25) is 0 Å². The van der Waals surface area contributed by atoms with E-state index in [2.05, 4.69) is 13.8 Å². The van der Waals surface area contributed by atoms with Crippen molar-refractivity contribution in [1.29, 1.82) is 0 Å². The van der Waals surface area contributed by atoms with Crippen LogP contribution in [0.25, 0.3) is 0 Å². The van der Waals surface area contributed by atoms with E-state index in [1.807, 2.05) is 0 Å². The lowest BCUT2D eigenvalue weighted by atomic mass is 9.45. The first-order chi connectivity index (χ1) is 10.9. The SMILES string of the molecule is CC(=O)O[C@@H]1CC[C@@H]2[C@@H]3CC[C@@H]4CCCC[C@]4(C)[C@@H]3CC[C@@]21C. The molecule has 0 aliphatic heterocycles. The molecule has 4 fully saturated rings. The van der Waals surface area contributed by atoms with E-state index in [4.69, 9.17) is 4.74 Å². The normalized spacial score (nSPS) is 52.2. The molecule has 4 rings (SSSR count). The first kappa shape index (κ1) is 16.0.